The number of para-hydroxylation sites is 2. The average Bonchev–Trinajstić information content (AvgIpc) is 3.70. The van der Waals surface area contributed by atoms with Crippen LogP contribution in [-0.4, -0.2) is 54.3 Å². The van der Waals surface area contributed by atoms with Crippen molar-refractivity contribution in [3.05, 3.63) is 118 Å². The van der Waals surface area contributed by atoms with Crippen molar-refractivity contribution in [3.8, 4) is 0 Å². The van der Waals surface area contributed by atoms with Gasteiger partial charge in [0.1, 0.15) is 5.52 Å². The van der Waals surface area contributed by atoms with Crippen LogP contribution in [0.15, 0.2) is 94.0 Å². The SMILES string of the molecule is Cc1cccc(CS(=O)(=O)C(CNC(=O)c2ccsc2)C(=O)NCCC(C(=O)c2nc3ccccc3o2)c2ccccc2)n1. The molecule has 10 nitrogen and oxygen atoms in total. The number of nitrogens with zero attached hydrogens (tertiary/aromatic N) is 2. The Balaban J connectivity index is 1.33. The van der Waals surface area contributed by atoms with Crippen LogP contribution in [0.5, 0.6) is 0 Å². The molecule has 226 valence electrons. The number of ketones is 1. The Morgan fingerprint density at radius 1 is 0.909 bits per heavy atom. The fraction of sp³-hybridized carbons (Fsp3) is 0.219. The van der Waals surface area contributed by atoms with Crippen LogP contribution in [0.3, 0.4) is 0 Å². The molecule has 3 aromatic heterocycles. The number of aryl methyl sites for hydroxylation is 1. The van der Waals surface area contributed by atoms with E-state index in [0.29, 0.717) is 33.6 Å². The number of thiophene rings is 1. The molecule has 0 spiro atoms. The van der Waals surface area contributed by atoms with Gasteiger partial charge in [-0.1, -0.05) is 48.5 Å². The molecule has 2 amide bonds. The van der Waals surface area contributed by atoms with Gasteiger partial charge in [0, 0.05) is 29.7 Å². The third kappa shape index (κ3) is 7.44. The Hall–Kier alpha value is -4.68. The van der Waals surface area contributed by atoms with E-state index in [1.54, 1.807) is 90.5 Å². The van der Waals surface area contributed by atoms with E-state index in [1.807, 2.05) is 6.07 Å². The van der Waals surface area contributed by atoms with Gasteiger partial charge in [-0.3, -0.25) is 19.4 Å². The molecule has 0 aliphatic rings. The van der Waals surface area contributed by atoms with Gasteiger partial charge in [0.2, 0.25) is 11.7 Å². The fourth-order valence-corrected chi connectivity index (χ4v) is 6.92. The maximum Gasteiger partial charge on any atom is 0.264 e. The van der Waals surface area contributed by atoms with E-state index in [9.17, 15) is 22.8 Å². The van der Waals surface area contributed by atoms with E-state index < -0.39 is 45.1 Å². The van der Waals surface area contributed by atoms with E-state index in [1.165, 1.54) is 11.3 Å². The summed E-state index contributed by atoms with van der Waals surface area (Å²) in [5.74, 6) is -2.88. The summed E-state index contributed by atoms with van der Waals surface area (Å²) in [7, 11) is -4.11. The van der Waals surface area contributed by atoms with Crippen molar-refractivity contribution in [1.82, 2.24) is 20.6 Å². The number of benzene rings is 2. The van der Waals surface area contributed by atoms with Crippen LogP contribution in [0.25, 0.3) is 11.1 Å². The molecule has 0 saturated heterocycles. The van der Waals surface area contributed by atoms with Gasteiger partial charge >= 0.3 is 0 Å². The molecule has 0 bridgehead atoms. The minimum Gasteiger partial charge on any atom is -0.434 e. The van der Waals surface area contributed by atoms with E-state index in [0.717, 1.165) is 0 Å². The lowest BCUT2D eigenvalue weighted by Crippen LogP contribution is -2.48. The lowest BCUT2D eigenvalue weighted by atomic mass is 9.91. The lowest BCUT2D eigenvalue weighted by Gasteiger charge is -2.20. The van der Waals surface area contributed by atoms with Crippen LogP contribution in [0, 0.1) is 6.92 Å². The van der Waals surface area contributed by atoms with Crippen LogP contribution >= 0.6 is 11.3 Å². The first-order valence-electron chi connectivity index (χ1n) is 13.9. The van der Waals surface area contributed by atoms with Gasteiger partial charge in [-0.25, -0.2) is 13.4 Å². The molecule has 12 heteroatoms. The van der Waals surface area contributed by atoms with Gasteiger partial charge in [0.05, 0.1) is 17.4 Å². The highest BCUT2D eigenvalue weighted by Gasteiger charge is 2.34. The van der Waals surface area contributed by atoms with Gasteiger partial charge in [-0.2, -0.15) is 11.3 Å². The molecule has 0 aliphatic carbocycles. The minimum atomic E-state index is -4.11. The molecule has 5 aromatic rings. The van der Waals surface area contributed by atoms with Crippen molar-refractivity contribution >= 4 is 49.9 Å². The summed E-state index contributed by atoms with van der Waals surface area (Å²) < 4.78 is 32.8. The second kappa shape index (κ2) is 13.7. The number of pyridine rings is 1. The molecular formula is C32H30N4O6S2. The highest BCUT2D eigenvalue weighted by atomic mass is 32.2. The Kier molecular flexibility index (Phi) is 9.61. The van der Waals surface area contributed by atoms with Crippen LogP contribution in [-0.2, 0) is 20.4 Å². The van der Waals surface area contributed by atoms with Crippen LogP contribution < -0.4 is 10.6 Å². The summed E-state index contributed by atoms with van der Waals surface area (Å²) in [4.78, 5) is 48.2. The van der Waals surface area contributed by atoms with Crippen molar-refractivity contribution in [2.75, 3.05) is 13.1 Å². The first-order chi connectivity index (χ1) is 21.2. The van der Waals surface area contributed by atoms with Crippen molar-refractivity contribution in [2.24, 2.45) is 0 Å². The third-order valence-corrected chi connectivity index (χ3v) is 9.64. The Bertz CT molecular complexity index is 1840. The Morgan fingerprint density at radius 2 is 1.68 bits per heavy atom. The standard InChI is InChI=1S/C32H30N4O6S2/c1-21-8-7-11-24(35-21)20-44(40,41)28(18-34-30(38)23-15-17-43-19-23)31(39)33-16-14-25(22-9-3-2-4-10-22)29(37)32-36-26-12-5-6-13-27(26)42-32/h2-13,15,17,19,25,28H,14,16,18,20H2,1H3,(H,33,39)(H,34,38). The number of hydrogen-bond donors (Lipinski definition) is 2. The number of hydrogen-bond acceptors (Lipinski definition) is 9. The maximum atomic E-state index is 13.6. The predicted molar refractivity (Wildman–Crippen MR) is 167 cm³/mol. The molecule has 2 aromatic carbocycles. The van der Waals surface area contributed by atoms with Crippen molar-refractivity contribution < 1.29 is 27.2 Å². The molecule has 2 N–H and O–H groups in total. The third-order valence-electron chi connectivity index (χ3n) is 7.01. The summed E-state index contributed by atoms with van der Waals surface area (Å²) in [5.41, 5.74) is 3.04. The maximum absolute atomic E-state index is 13.6. The number of amides is 2. The zero-order valence-electron chi connectivity index (χ0n) is 23.8. The van der Waals surface area contributed by atoms with Gasteiger partial charge in [-0.15, -0.1) is 0 Å². The quantitative estimate of drug-likeness (QED) is 0.181. The number of carbonyl (C=O) groups is 3. The summed E-state index contributed by atoms with van der Waals surface area (Å²) in [6, 6.07) is 22.7. The van der Waals surface area contributed by atoms with Gasteiger partial charge < -0.3 is 15.1 Å². The number of rotatable bonds is 13. The number of Topliss-reactive ketones (excluding diaryl/α,β-unsaturated/α-hetero) is 1. The number of oxazole rings is 1. The average molecular weight is 631 g/mol. The molecule has 2 atom stereocenters. The van der Waals surface area contributed by atoms with E-state index in [2.05, 4.69) is 20.6 Å². The van der Waals surface area contributed by atoms with Crippen molar-refractivity contribution in [3.63, 3.8) is 0 Å². The highest BCUT2D eigenvalue weighted by Crippen LogP contribution is 2.26. The normalized spacial score (nSPS) is 12.8. The molecule has 3 heterocycles. The number of fused-ring (bicyclic) bond motifs is 1. The number of sulfone groups is 1. The van der Waals surface area contributed by atoms with Crippen LogP contribution in [0.4, 0.5) is 0 Å². The highest BCUT2D eigenvalue weighted by molar-refractivity contribution is 7.92. The van der Waals surface area contributed by atoms with Gasteiger partial charge in [0.25, 0.3) is 11.8 Å². The summed E-state index contributed by atoms with van der Waals surface area (Å²) >= 11 is 1.33. The minimum absolute atomic E-state index is 0.0163. The fourth-order valence-electron chi connectivity index (χ4n) is 4.77. The van der Waals surface area contributed by atoms with E-state index >= 15 is 0 Å². The molecule has 0 radical (unpaired) electrons. The van der Waals surface area contributed by atoms with E-state index in [-0.39, 0.29) is 24.6 Å². The predicted octanol–water partition coefficient (Wildman–Crippen LogP) is 4.48. The molecule has 44 heavy (non-hydrogen) atoms. The number of aromatic nitrogens is 2. The Morgan fingerprint density at radius 3 is 2.41 bits per heavy atom. The molecule has 0 aliphatic heterocycles. The summed E-state index contributed by atoms with van der Waals surface area (Å²) in [5, 5.41) is 7.04. The van der Waals surface area contributed by atoms with E-state index in [4.69, 9.17) is 4.42 Å². The zero-order valence-corrected chi connectivity index (χ0v) is 25.4. The first-order valence-corrected chi connectivity index (χ1v) is 16.5. The van der Waals surface area contributed by atoms with Gasteiger partial charge in [-0.05, 0) is 54.6 Å². The second-order valence-electron chi connectivity index (χ2n) is 10.2. The smallest absolute Gasteiger partial charge is 0.264 e. The second-order valence-corrected chi connectivity index (χ2v) is 13.1. The molecule has 5 rings (SSSR count). The van der Waals surface area contributed by atoms with Crippen LogP contribution in [0.1, 0.15) is 50.3 Å². The lowest BCUT2D eigenvalue weighted by molar-refractivity contribution is -0.120. The monoisotopic (exact) mass is 630 g/mol. The molecule has 0 fully saturated rings. The summed E-state index contributed by atoms with van der Waals surface area (Å²) in [6.07, 6.45) is 0.154. The topological polar surface area (TPSA) is 148 Å². The largest absolute Gasteiger partial charge is 0.434 e. The molecular weight excluding hydrogens is 601 g/mol. The Labute approximate surface area is 258 Å². The van der Waals surface area contributed by atoms with Crippen molar-refractivity contribution in [1.29, 1.82) is 0 Å². The zero-order chi connectivity index (χ0) is 31.1. The summed E-state index contributed by atoms with van der Waals surface area (Å²) in [6.45, 7) is 1.29. The number of carbonyl (C=O) groups excluding carboxylic acids is 3. The number of nitrogens with one attached hydrogen (secondary N) is 2. The molecule has 0 saturated carbocycles. The van der Waals surface area contributed by atoms with Crippen LogP contribution in [0.2, 0.25) is 0 Å². The molecule has 2 unspecified atom stereocenters. The first kappa shape index (κ1) is 30.8. The van der Waals surface area contributed by atoms with Gasteiger partial charge in [0.15, 0.2) is 20.7 Å². The van der Waals surface area contributed by atoms with Crippen molar-refractivity contribution in [2.45, 2.75) is 30.3 Å².